The Labute approximate surface area is 131 Å². The van der Waals surface area contributed by atoms with Crippen molar-refractivity contribution in [3.8, 4) is 0 Å². The Morgan fingerprint density at radius 1 is 1.50 bits per heavy atom. The number of thioether (sulfide) groups is 1. The van der Waals surface area contributed by atoms with Crippen LogP contribution < -0.4 is 5.32 Å². The van der Waals surface area contributed by atoms with Gasteiger partial charge in [0.05, 0.1) is 11.6 Å². The second kappa shape index (κ2) is 6.80. The molecule has 0 saturated heterocycles. The molecule has 108 valence electrons. The summed E-state index contributed by atoms with van der Waals surface area (Å²) in [4.78, 5) is 12.8. The second-order valence-corrected chi connectivity index (χ2v) is 6.97. The van der Waals surface area contributed by atoms with Crippen LogP contribution in [0.25, 0.3) is 10.1 Å². The highest BCUT2D eigenvalue weighted by atomic mass is 35.5. The van der Waals surface area contributed by atoms with E-state index in [0.717, 1.165) is 10.1 Å². The van der Waals surface area contributed by atoms with Crippen LogP contribution >= 0.6 is 34.7 Å². The molecule has 1 amide bonds. The number of carbonyl (C=O) groups is 1. The number of aliphatic hydroxyl groups excluding tert-OH is 1. The van der Waals surface area contributed by atoms with Gasteiger partial charge in [0.2, 0.25) is 0 Å². The first kappa shape index (κ1) is 15.6. The number of carbonyl (C=O) groups excluding carboxylic acids is 1. The molecule has 6 heteroatoms. The summed E-state index contributed by atoms with van der Waals surface area (Å²) < 4.78 is 0.999. The minimum atomic E-state index is -0.184. The molecule has 0 bridgehead atoms. The van der Waals surface area contributed by atoms with Crippen LogP contribution in [0.5, 0.6) is 0 Å². The number of amides is 1. The maximum Gasteiger partial charge on any atom is 0.263 e. The van der Waals surface area contributed by atoms with Gasteiger partial charge in [0.25, 0.3) is 5.91 Å². The molecule has 0 aliphatic rings. The molecule has 2 aromatic rings. The van der Waals surface area contributed by atoms with E-state index in [1.807, 2.05) is 37.4 Å². The van der Waals surface area contributed by atoms with Crippen LogP contribution in [-0.2, 0) is 0 Å². The number of nitrogens with one attached hydrogen (secondary N) is 1. The monoisotopic (exact) mass is 329 g/mol. The first-order chi connectivity index (χ1) is 9.58. The van der Waals surface area contributed by atoms with E-state index in [1.165, 1.54) is 23.1 Å². The molecule has 2 N–H and O–H groups in total. The van der Waals surface area contributed by atoms with Gasteiger partial charge in [0.15, 0.2) is 0 Å². The third-order valence-corrected chi connectivity index (χ3v) is 5.98. The van der Waals surface area contributed by atoms with E-state index in [1.54, 1.807) is 0 Å². The van der Waals surface area contributed by atoms with E-state index in [4.69, 9.17) is 11.6 Å². The fourth-order valence-electron chi connectivity index (χ4n) is 1.96. The molecule has 0 spiro atoms. The summed E-state index contributed by atoms with van der Waals surface area (Å²) >= 11 is 9.20. The Kier molecular flexibility index (Phi) is 5.32. The quantitative estimate of drug-likeness (QED) is 0.884. The Morgan fingerprint density at radius 2 is 2.20 bits per heavy atom. The molecule has 2 unspecified atom stereocenters. The van der Waals surface area contributed by atoms with Crippen molar-refractivity contribution in [2.45, 2.75) is 18.2 Å². The molecule has 0 fully saturated rings. The number of fused-ring (bicyclic) bond motifs is 1. The van der Waals surface area contributed by atoms with Gasteiger partial charge in [-0.2, -0.15) is 11.8 Å². The van der Waals surface area contributed by atoms with Gasteiger partial charge in [0, 0.05) is 21.4 Å². The van der Waals surface area contributed by atoms with Crippen LogP contribution in [0.1, 0.15) is 16.6 Å². The minimum Gasteiger partial charge on any atom is -0.395 e. The third kappa shape index (κ3) is 3.11. The van der Waals surface area contributed by atoms with E-state index in [2.05, 4.69) is 5.32 Å². The molecular formula is C14H16ClNO2S2. The molecular weight excluding hydrogens is 314 g/mol. The lowest BCUT2D eigenvalue weighted by Crippen LogP contribution is -2.41. The fourth-order valence-corrected chi connectivity index (χ4v) is 4.01. The lowest BCUT2D eigenvalue weighted by atomic mass is 10.2. The van der Waals surface area contributed by atoms with E-state index in [9.17, 15) is 9.90 Å². The second-order valence-electron chi connectivity index (χ2n) is 4.46. The van der Waals surface area contributed by atoms with Crippen LogP contribution in [0, 0.1) is 0 Å². The standard InChI is InChI=1S/C14H16ClNO2S2/c1-8(11(7-17)19-2)16-14(18)13-12(15)9-5-3-4-6-10(9)20-13/h3-6,8,11,17H,7H2,1-2H3,(H,16,18). The van der Waals surface area contributed by atoms with Crippen molar-refractivity contribution in [1.82, 2.24) is 5.32 Å². The summed E-state index contributed by atoms with van der Waals surface area (Å²) in [7, 11) is 0. The highest BCUT2D eigenvalue weighted by Crippen LogP contribution is 2.35. The summed E-state index contributed by atoms with van der Waals surface area (Å²) in [5, 5.41) is 13.5. The Hall–Kier alpha value is -0.750. The van der Waals surface area contributed by atoms with Crippen LogP contribution in [0.3, 0.4) is 0 Å². The summed E-state index contributed by atoms with van der Waals surface area (Å²) in [6.07, 6.45) is 1.91. The molecule has 1 aromatic heterocycles. The highest BCUT2D eigenvalue weighted by molar-refractivity contribution is 7.99. The zero-order valence-corrected chi connectivity index (χ0v) is 13.6. The molecule has 20 heavy (non-hydrogen) atoms. The van der Waals surface area contributed by atoms with Crippen molar-refractivity contribution in [2.24, 2.45) is 0 Å². The van der Waals surface area contributed by atoms with Gasteiger partial charge in [-0.15, -0.1) is 11.3 Å². The number of hydrogen-bond acceptors (Lipinski definition) is 4. The summed E-state index contributed by atoms with van der Waals surface area (Å²) in [5.74, 6) is -0.184. The van der Waals surface area contributed by atoms with Gasteiger partial charge in [-0.3, -0.25) is 4.79 Å². The molecule has 1 heterocycles. The largest absolute Gasteiger partial charge is 0.395 e. The van der Waals surface area contributed by atoms with E-state index >= 15 is 0 Å². The molecule has 3 nitrogen and oxygen atoms in total. The maximum absolute atomic E-state index is 12.3. The molecule has 0 radical (unpaired) electrons. The van der Waals surface area contributed by atoms with Crippen molar-refractivity contribution in [2.75, 3.05) is 12.9 Å². The molecule has 2 rings (SSSR count). The Balaban J connectivity index is 2.21. The van der Waals surface area contributed by atoms with Crippen molar-refractivity contribution >= 4 is 50.7 Å². The van der Waals surface area contributed by atoms with Crippen molar-refractivity contribution in [3.05, 3.63) is 34.2 Å². The number of rotatable bonds is 5. The predicted octanol–water partition coefficient (Wildman–Crippen LogP) is 3.40. The smallest absolute Gasteiger partial charge is 0.263 e. The zero-order valence-electron chi connectivity index (χ0n) is 11.2. The van der Waals surface area contributed by atoms with Gasteiger partial charge >= 0.3 is 0 Å². The fraction of sp³-hybridized carbons (Fsp3) is 0.357. The van der Waals surface area contributed by atoms with E-state index in [0.29, 0.717) is 9.90 Å². The van der Waals surface area contributed by atoms with E-state index < -0.39 is 0 Å². The van der Waals surface area contributed by atoms with Gasteiger partial charge in [0.1, 0.15) is 4.88 Å². The predicted molar refractivity (Wildman–Crippen MR) is 88.2 cm³/mol. The average molecular weight is 330 g/mol. The summed E-state index contributed by atoms with van der Waals surface area (Å²) in [6.45, 7) is 1.92. The normalized spacial score (nSPS) is 14.2. The van der Waals surface area contributed by atoms with Crippen molar-refractivity contribution < 1.29 is 9.90 Å². The lowest BCUT2D eigenvalue weighted by molar-refractivity contribution is 0.0940. The van der Waals surface area contributed by atoms with Gasteiger partial charge in [-0.1, -0.05) is 29.8 Å². The number of hydrogen-bond donors (Lipinski definition) is 2. The maximum atomic E-state index is 12.3. The molecule has 1 aromatic carbocycles. The third-order valence-electron chi connectivity index (χ3n) is 3.14. The van der Waals surface area contributed by atoms with Crippen molar-refractivity contribution in [3.63, 3.8) is 0 Å². The van der Waals surface area contributed by atoms with Gasteiger partial charge in [-0.05, 0) is 19.2 Å². The zero-order chi connectivity index (χ0) is 14.7. The van der Waals surface area contributed by atoms with Crippen LogP contribution in [0.4, 0.5) is 0 Å². The average Bonchev–Trinajstić information content (AvgIpc) is 2.78. The topological polar surface area (TPSA) is 49.3 Å². The number of halogens is 1. The van der Waals surface area contributed by atoms with Gasteiger partial charge < -0.3 is 10.4 Å². The highest BCUT2D eigenvalue weighted by Gasteiger charge is 2.22. The molecule has 0 aliphatic carbocycles. The number of thiophene rings is 1. The SMILES string of the molecule is CSC(CO)C(C)NC(=O)c1sc2ccccc2c1Cl. The summed E-state index contributed by atoms with van der Waals surface area (Å²) in [5.41, 5.74) is 0. The Bertz CT molecular complexity index is 610. The molecule has 0 aliphatic heterocycles. The van der Waals surface area contributed by atoms with Crippen LogP contribution in [0.15, 0.2) is 24.3 Å². The Morgan fingerprint density at radius 3 is 2.80 bits per heavy atom. The lowest BCUT2D eigenvalue weighted by Gasteiger charge is -2.20. The molecule has 2 atom stereocenters. The summed E-state index contributed by atoms with van der Waals surface area (Å²) in [6, 6.07) is 7.57. The van der Waals surface area contributed by atoms with Crippen molar-refractivity contribution in [1.29, 1.82) is 0 Å². The number of aliphatic hydroxyl groups is 1. The van der Waals surface area contributed by atoms with E-state index in [-0.39, 0.29) is 23.8 Å². The van der Waals surface area contributed by atoms with Crippen LogP contribution in [0.2, 0.25) is 5.02 Å². The molecule has 0 saturated carbocycles. The minimum absolute atomic E-state index is 0.0212. The van der Waals surface area contributed by atoms with Gasteiger partial charge in [-0.25, -0.2) is 0 Å². The van der Waals surface area contributed by atoms with Crippen LogP contribution in [-0.4, -0.2) is 35.2 Å². The number of benzene rings is 1. The first-order valence-corrected chi connectivity index (χ1v) is 8.68. The first-order valence-electron chi connectivity index (χ1n) is 6.20.